The van der Waals surface area contributed by atoms with Gasteiger partial charge in [-0.05, 0) is 25.7 Å². The van der Waals surface area contributed by atoms with E-state index in [1.54, 1.807) is 0 Å². The third-order valence-corrected chi connectivity index (χ3v) is 12.2. The molecule has 0 radical (unpaired) electrons. The number of nitrogens with one attached hydrogen (secondary N) is 1. The van der Waals surface area contributed by atoms with Gasteiger partial charge in [0.15, 0.2) is 0 Å². The van der Waals surface area contributed by atoms with E-state index in [0.29, 0.717) is 25.9 Å². The molecular weight excluding hydrogens is 707 g/mol. The molecule has 0 aromatic rings. The highest BCUT2D eigenvalue weighted by Crippen LogP contribution is 2.17. The first-order valence-corrected chi connectivity index (χ1v) is 25.8. The molecule has 0 aromatic heterocycles. The summed E-state index contributed by atoms with van der Waals surface area (Å²) >= 11 is 0. The first kappa shape index (κ1) is 55.9. The van der Waals surface area contributed by atoms with Crippen LogP contribution < -0.4 is 5.32 Å². The van der Waals surface area contributed by atoms with Gasteiger partial charge in [-0.2, -0.15) is 0 Å². The van der Waals surface area contributed by atoms with Gasteiger partial charge in [0.2, 0.25) is 5.91 Å². The third-order valence-electron chi connectivity index (χ3n) is 12.2. The van der Waals surface area contributed by atoms with Gasteiger partial charge < -0.3 is 20.3 Å². The smallest absolute Gasteiger partial charge is 0.305 e. The minimum atomic E-state index is -0.670. The summed E-state index contributed by atoms with van der Waals surface area (Å²) in [7, 11) is 0. The molecule has 0 saturated carbocycles. The minimum absolute atomic E-state index is 0.00268. The fourth-order valence-corrected chi connectivity index (χ4v) is 8.17. The van der Waals surface area contributed by atoms with E-state index in [9.17, 15) is 19.8 Å². The molecule has 0 fully saturated rings. The van der Waals surface area contributed by atoms with Gasteiger partial charge in [0, 0.05) is 12.8 Å². The van der Waals surface area contributed by atoms with Crippen LogP contribution in [0, 0.1) is 0 Å². The Morgan fingerprint density at radius 3 is 1.07 bits per heavy atom. The molecule has 0 bridgehead atoms. The van der Waals surface area contributed by atoms with Crippen LogP contribution in [0.3, 0.4) is 0 Å². The highest BCUT2D eigenvalue weighted by Gasteiger charge is 2.20. The van der Waals surface area contributed by atoms with Crippen molar-refractivity contribution in [1.82, 2.24) is 5.32 Å². The number of aliphatic hydroxyl groups excluding tert-OH is 2. The first-order valence-electron chi connectivity index (χ1n) is 25.8. The van der Waals surface area contributed by atoms with E-state index < -0.39 is 12.1 Å². The van der Waals surface area contributed by atoms with Gasteiger partial charge in [0.1, 0.15) is 0 Å². The van der Waals surface area contributed by atoms with Crippen molar-refractivity contribution >= 4 is 11.9 Å². The molecule has 0 aliphatic rings. The number of ether oxygens (including phenoxy) is 1. The van der Waals surface area contributed by atoms with Gasteiger partial charge in [-0.15, -0.1) is 0 Å². The molecule has 0 heterocycles. The van der Waals surface area contributed by atoms with Gasteiger partial charge in [0.05, 0.1) is 25.4 Å². The van der Waals surface area contributed by atoms with Crippen LogP contribution in [0.4, 0.5) is 0 Å². The van der Waals surface area contributed by atoms with Crippen LogP contribution >= 0.6 is 0 Å². The van der Waals surface area contributed by atoms with Crippen molar-refractivity contribution in [1.29, 1.82) is 0 Å². The molecule has 6 heteroatoms. The van der Waals surface area contributed by atoms with E-state index in [4.69, 9.17) is 4.74 Å². The van der Waals surface area contributed by atoms with Crippen molar-refractivity contribution in [2.75, 3.05) is 13.2 Å². The lowest BCUT2D eigenvalue weighted by Crippen LogP contribution is -2.45. The maximum Gasteiger partial charge on any atom is 0.305 e. The van der Waals surface area contributed by atoms with Gasteiger partial charge in [-0.1, -0.05) is 251 Å². The fourth-order valence-electron chi connectivity index (χ4n) is 8.17. The quantitative estimate of drug-likeness (QED) is 0.0420. The maximum absolute atomic E-state index is 12.4. The molecule has 6 nitrogen and oxygen atoms in total. The fraction of sp³-hybridized carbons (Fsp3) is 0.961. The number of rotatable bonds is 48. The van der Waals surface area contributed by atoms with Crippen LogP contribution in [0.15, 0.2) is 0 Å². The number of carbonyl (C=O) groups is 2. The number of hydrogen-bond acceptors (Lipinski definition) is 5. The number of hydrogen-bond donors (Lipinski definition) is 3. The summed E-state index contributed by atoms with van der Waals surface area (Å²) in [6.45, 7) is 4.93. The zero-order valence-corrected chi connectivity index (χ0v) is 38.6. The molecule has 1 amide bonds. The molecule has 340 valence electrons. The largest absolute Gasteiger partial charge is 0.466 e. The zero-order valence-electron chi connectivity index (χ0n) is 38.6. The summed E-state index contributed by atoms with van der Waals surface area (Å²) in [5.41, 5.74) is 0. The highest BCUT2D eigenvalue weighted by molar-refractivity contribution is 5.76. The Kier molecular flexibility index (Phi) is 46.6. The summed E-state index contributed by atoms with van der Waals surface area (Å²) in [5, 5.41) is 23.2. The van der Waals surface area contributed by atoms with E-state index in [-0.39, 0.29) is 18.5 Å². The molecule has 3 N–H and O–H groups in total. The second-order valence-corrected chi connectivity index (χ2v) is 17.9. The van der Waals surface area contributed by atoms with Crippen molar-refractivity contribution in [3.05, 3.63) is 0 Å². The van der Waals surface area contributed by atoms with Gasteiger partial charge in [-0.25, -0.2) is 0 Å². The van der Waals surface area contributed by atoms with E-state index in [1.165, 1.54) is 205 Å². The Bertz CT molecular complexity index is 806. The van der Waals surface area contributed by atoms with Crippen LogP contribution in [-0.4, -0.2) is 47.4 Å². The van der Waals surface area contributed by atoms with Crippen molar-refractivity contribution < 1.29 is 24.5 Å². The number of amides is 1. The Morgan fingerprint density at radius 2 is 0.719 bits per heavy atom. The summed E-state index contributed by atoms with van der Waals surface area (Å²) in [6, 6.07) is -0.548. The minimum Gasteiger partial charge on any atom is -0.466 e. The molecule has 2 atom stereocenters. The Morgan fingerprint density at radius 1 is 0.421 bits per heavy atom. The van der Waals surface area contributed by atoms with Gasteiger partial charge in [0.25, 0.3) is 0 Å². The molecule has 0 rings (SSSR count). The highest BCUT2D eigenvalue weighted by atomic mass is 16.5. The van der Waals surface area contributed by atoms with Crippen molar-refractivity contribution in [3.8, 4) is 0 Å². The maximum atomic E-state index is 12.4. The molecule has 0 saturated heterocycles. The Labute approximate surface area is 356 Å². The standard InChI is InChI=1S/C51H101NO5/c1-3-5-7-9-11-13-15-17-21-25-29-33-37-41-45-51(56)57-46-42-38-34-30-26-22-18-20-24-28-32-36-40-44-50(55)52-48(47-53)49(54)43-39-35-31-27-23-19-16-14-12-10-8-6-4-2/h48-49,53-54H,3-47H2,1-2H3,(H,52,55). The Hall–Kier alpha value is -1.14. The lowest BCUT2D eigenvalue weighted by Gasteiger charge is -2.22. The van der Waals surface area contributed by atoms with E-state index >= 15 is 0 Å². The molecule has 0 aliphatic heterocycles. The predicted octanol–water partition coefficient (Wildman–Crippen LogP) is 15.2. The lowest BCUT2D eigenvalue weighted by atomic mass is 10.0. The summed E-state index contributed by atoms with van der Waals surface area (Å²) in [4.78, 5) is 24.5. The number of unbranched alkanes of at least 4 members (excludes halogenated alkanes) is 37. The van der Waals surface area contributed by atoms with Crippen LogP contribution in [-0.2, 0) is 14.3 Å². The van der Waals surface area contributed by atoms with E-state index in [1.807, 2.05) is 0 Å². The molecule has 2 unspecified atom stereocenters. The first-order chi connectivity index (χ1) is 28.0. The summed E-state index contributed by atoms with van der Waals surface area (Å²) in [5.74, 6) is -0.0491. The number of aliphatic hydroxyl groups is 2. The molecular formula is C51H101NO5. The number of carbonyl (C=O) groups excluding carboxylic acids is 2. The Balaban J connectivity index is 3.43. The second-order valence-electron chi connectivity index (χ2n) is 17.9. The molecule has 0 aromatic carbocycles. The van der Waals surface area contributed by atoms with E-state index in [0.717, 1.165) is 51.4 Å². The van der Waals surface area contributed by atoms with Gasteiger partial charge in [-0.3, -0.25) is 9.59 Å². The normalized spacial score (nSPS) is 12.6. The monoisotopic (exact) mass is 808 g/mol. The summed E-state index contributed by atoms with van der Waals surface area (Å²) < 4.78 is 5.46. The van der Waals surface area contributed by atoms with Crippen LogP contribution in [0.2, 0.25) is 0 Å². The van der Waals surface area contributed by atoms with Crippen molar-refractivity contribution in [2.24, 2.45) is 0 Å². The van der Waals surface area contributed by atoms with Crippen LogP contribution in [0.1, 0.15) is 290 Å². The second kappa shape index (κ2) is 47.5. The van der Waals surface area contributed by atoms with Gasteiger partial charge >= 0.3 is 5.97 Å². The van der Waals surface area contributed by atoms with Crippen molar-refractivity contribution in [2.45, 2.75) is 302 Å². The SMILES string of the molecule is CCCCCCCCCCCCCCCCC(=O)OCCCCCCCCCCCCCCCC(=O)NC(CO)C(O)CCCCCCCCCCCCCCC. The average molecular weight is 808 g/mol. The molecule has 0 aliphatic carbocycles. The zero-order chi connectivity index (χ0) is 41.5. The van der Waals surface area contributed by atoms with Crippen LogP contribution in [0.25, 0.3) is 0 Å². The van der Waals surface area contributed by atoms with Crippen molar-refractivity contribution in [3.63, 3.8) is 0 Å². The summed E-state index contributed by atoms with van der Waals surface area (Å²) in [6.07, 6.45) is 52.1. The topological polar surface area (TPSA) is 95.9 Å². The third kappa shape index (κ3) is 44.2. The molecule has 0 spiro atoms. The average Bonchev–Trinajstić information content (AvgIpc) is 3.21. The predicted molar refractivity (Wildman–Crippen MR) is 246 cm³/mol. The number of esters is 1. The van der Waals surface area contributed by atoms with E-state index in [2.05, 4.69) is 19.2 Å². The lowest BCUT2D eigenvalue weighted by molar-refractivity contribution is -0.143. The van der Waals surface area contributed by atoms with Crippen LogP contribution in [0.5, 0.6) is 0 Å². The molecule has 57 heavy (non-hydrogen) atoms.